The van der Waals surface area contributed by atoms with Crippen LogP contribution in [0.1, 0.15) is 17.5 Å². The summed E-state index contributed by atoms with van der Waals surface area (Å²) in [5.41, 5.74) is 2.77. The zero-order valence-electron chi connectivity index (χ0n) is 9.50. The summed E-state index contributed by atoms with van der Waals surface area (Å²) in [6.07, 6.45) is 1.50. The Morgan fingerprint density at radius 3 is 2.89 bits per heavy atom. The number of halogens is 2. The van der Waals surface area contributed by atoms with Crippen molar-refractivity contribution in [2.24, 2.45) is 0 Å². The lowest BCUT2D eigenvalue weighted by Crippen LogP contribution is -2.01. The lowest BCUT2D eigenvalue weighted by molar-refractivity contribution is 0.480. The van der Waals surface area contributed by atoms with E-state index in [0.717, 1.165) is 23.6 Å². The highest BCUT2D eigenvalue weighted by molar-refractivity contribution is 5.71. The van der Waals surface area contributed by atoms with Crippen molar-refractivity contribution < 1.29 is 8.78 Å². The van der Waals surface area contributed by atoms with Gasteiger partial charge in [0.1, 0.15) is 0 Å². The Labute approximate surface area is 103 Å². The van der Waals surface area contributed by atoms with Crippen LogP contribution >= 0.6 is 0 Å². The first-order chi connectivity index (χ1) is 8.75. The standard InChI is InChI=1S/C15H9F2N/c16-13-9-11-7-2-1-5-10-6-3-4-8-12(10)14(11)18-15(13)17/h3-4,6,8-9H,1,5H2. The molecule has 2 aromatic rings. The topological polar surface area (TPSA) is 12.9 Å². The Kier molecular flexibility index (Phi) is 2.56. The van der Waals surface area contributed by atoms with Gasteiger partial charge in [-0.3, -0.25) is 0 Å². The molecule has 0 unspecified atom stereocenters. The molecule has 0 spiro atoms. The summed E-state index contributed by atoms with van der Waals surface area (Å²) in [5, 5.41) is 0. The van der Waals surface area contributed by atoms with E-state index in [4.69, 9.17) is 0 Å². The first kappa shape index (κ1) is 10.9. The van der Waals surface area contributed by atoms with Crippen LogP contribution in [-0.4, -0.2) is 4.98 Å². The van der Waals surface area contributed by atoms with Crippen molar-refractivity contribution in [2.45, 2.75) is 12.8 Å². The zero-order chi connectivity index (χ0) is 12.5. The van der Waals surface area contributed by atoms with Crippen LogP contribution in [0.15, 0.2) is 30.3 Å². The molecular weight excluding hydrogens is 232 g/mol. The van der Waals surface area contributed by atoms with Crippen molar-refractivity contribution in [3.8, 4) is 23.1 Å². The number of hydrogen-bond donors (Lipinski definition) is 0. The molecular formula is C15H9F2N. The van der Waals surface area contributed by atoms with Gasteiger partial charge in [-0.25, -0.2) is 9.37 Å². The van der Waals surface area contributed by atoms with Gasteiger partial charge in [-0.15, -0.1) is 0 Å². The Balaban J connectivity index is 2.33. The molecule has 1 heterocycles. The lowest BCUT2D eigenvalue weighted by Gasteiger charge is -2.11. The summed E-state index contributed by atoms with van der Waals surface area (Å²) in [7, 11) is 0. The number of rotatable bonds is 0. The van der Waals surface area contributed by atoms with Gasteiger partial charge in [0.15, 0.2) is 5.82 Å². The molecule has 1 nitrogen and oxygen atoms in total. The van der Waals surface area contributed by atoms with E-state index in [1.165, 1.54) is 0 Å². The van der Waals surface area contributed by atoms with Gasteiger partial charge in [0.2, 0.25) is 5.95 Å². The molecule has 0 bridgehead atoms. The molecule has 3 rings (SSSR count). The first-order valence-corrected chi connectivity index (χ1v) is 5.69. The summed E-state index contributed by atoms with van der Waals surface area (Å²) < 4.78 is 26.5. The normalized spacial score (nSPS) is 12.6. The molecule has 0 saturated heterocycles. The lowest BCUT2D eigenvalue weighted by atomic mass is 9.95. The maximum Gasteiger partial charge on any atom is 0.249 e. The summed E-state index contributed by atoms with van der Waals surface area (Å²) in [6, 6.07) is 8.74. The van der Waals surface area contributed by atoms with Gasteiger partial charge in [0.25, 0.3) is 0 Å². The third-order valence-corrected chi connectivity index (χ3v) is 2.95. The smallest absolute Gasteiger partial charge is 0.216 e. The molecule has 0 N–H and O–H groups in total. The summed E-state index contributed by atoms with van der Waals surface area (Å²) >= 11 is 0. The molecule has 0 amide bonds. The molecule has 0 aliphatic heterocycles. The van der Waals surface area contributed by atoms with Gasteiger partial charge >= 0.3 is 0 Å². The fourth-order valence-corrected chi connectivity index (χ4v) is 2.09. The fourth-order valence-electron chi connectivity index (χ4n) is 2.09. The average molecular weight is 241 g/mol. The second kappa shape index (κ2) is 4.23. The van der Waals surface area contributed by atoms with Crippen LogP contribution in [0.4, 0.5) is 8.78 Å². The molecule has 88 valence electrons. The molecule has 0 fully saturated rings. The van der Waals surface area contributed by atoms with Crippen LogP contribution in [0.2, 0.25) is 0 Å². The fraction of sp³-hybridized carbons (Fsp3) is 0.133. The monoisotopic (exact) mass is 241 g/mol. The van der Waals surface area contributed by atoms with Crippen LogP contribution in [-0.2, 0) is 6.42 Å². The van der Waals surface area contributed by atoms with Gasteiger partial charge in [0.05, 0.1) is 11.3 Å². The van der Waals surface area contributed by atoms with E-state index in [0.29, 0.717) is 17.7 Å². The van der Waals surface area contributed by atoms with E-state index < -0.39 is 11.8 Å². The highest BCUT2D eigenvalue weighted by atomic mass is 19.2. The van der Waals surface area contributed by atoms with Crippen LogP contribution in [0.5, 0.6) is 0 Å². The molecule has 0 radical (unpaired) electrons. The molecule has 1 aromatic carbocycles. The number of hydrogen-bond acceptors (Lipinski definition) is 1. The Morgan fingerprint density at radius 2 is 2.00 bits per heavy atom. The van der Waals surface area contributed by atoms with Crippen molar-refractivity contribution >= 4 is 0 Å². The van der Waals surface area contributed by atoms with Crippen LogP contribution in [0.3, 0.4) is 0 Å². The van der Waals surface area contributed by atoms with E-state index in [-0.39, 0.29) is 0 Å². The van der Waals surface area contributed by atoms with E-state index in [1.54, 1.807) is 0 Å². The maximum atomic E-state index is 13.3. The van der Waals surface area contributed by atoms with Crippen molar-refractivity contribution in [1.29, 1.82) is 0 Å². The molecule has 1 aliphatic carbocycles. The van der Waals surface area contributed by atoms with E-state index in [1.807, 2.05) is 24.3 Å². The SMILES string of the molecule is Fc1cc2c(nc1F)-c1ccccc1CCC#C2. The van der Waals surface area contributed by atoms with Crippen molar-refractivity contribution in [3.05, 3.63) is 53.2 Å². The highest BCUT2D eigenvalue weighted by Crippen LogP contribution is 2.28. The van der Waals surface area contributed by atoms with Crippen molar-refractivity contribution in [3.63, 3.8) is 0 Å². The average Bonchev–Trinajstić information content (AvgIpc) is 2.37. The third kappa shape index (κ3) is 1.76. The predicted molar refractivity (Wildman–Crippen MR) is 64.8 cm³/mol. The quantitative estimate of drug-likeness (QED) is 0.509. The molecule has 18 heavy (non-hydrogen) atoms. The molecule has 3 heteroatoms. The van der Waals surface area contributed by atoms with Gasteiger partial charge in [-0.1, -0.05) is 36.1 Å². The van der Waals surface area contributed by atoms with Gasteiger partial charge in [-0.05, 0) is 18.1 Å². The third-order valence-electron chi connectivity index (χ3n) is 2.95. The van der Waals surface area contributed by atoms with Crippen LogP contribution in [0, 0.1) is 23.6 Å². The number of nitrogens with zero attached hydrogens (tertiary/aromatic N) is 1. The van der Waals surface area contributed by atoms with E-state index in [2.05, 4.69) is 16.8 Å². The van der Waals surface area contributed by atoms with Gasteiger partial charge < -0.3 is 0 Å². The number of aromatic nitrogens is 1. The maximum absolute atomic E-state index is 13.3. The number of fused-ring (bicyclic) bond motifs is 3. The first-order valence-electron chi connectivity index (χ1n) is 5.69. The Hall–Kier alpha value is -2.21. The zero-order valence-corrected chi connectivity index (χ0v) is 9.50. The summed E-state index contributed by atoms with van der Waals surface area (Å²) in [4.78, 5) is 3.71. The van der Waals surface area contributed by atoms with Crippen LogP contribution < -0.4 is 0 Å². The van der Waals surface area contributed by atoms with E-state index >= 15 is 0 Å². The number of aryl methyl sites for hydroxylation is 1. The minimum Gasteiger partial charge on any atom is -0.216 e. The number of benzene rings is 1. The summed E-state index contributed by atoms with van der Waals surface area (Å²) in [5.74, 6) is 3.77. The van der Waals surface area contributed by atoms with Crippen molar-refractivity contribution in [1.82, 2.24) is 4.98 Å². The second-order valence-electron chi connectivity index (χ2n) is 4.12. The van der Waals surface area contributed by atoms with E-state index in [9.17, 15) is 8.78 Å². The minimum absolute atomic E-state index is 0.428. The summed E-state index contributed by atoms with van der Waals surface area (Å²) in [6.45, 7) is 0. The molecule has 0 saturated carbocycles. The molecule has 1 aliphatic rings. The van der Waals surface area contributed by atoms with Gasteiger partial charge in [-0.2, -0.15) is 4.39 Å². The molecule has 0 atom stereocenters. The Bertz CT molecular complexity index is 681. The van der Waals surface area contributed by atoms with Crippen LogP contribution in [0.25, 0.3) is 11.3 Å². The van der Waals surface area contributed by atoms with Crippen molar-refractivity contribution in [2.75, 3.05) is 0 Å². The second-order valence-corrected chi connectivity index (χ2v) is 4.12. The largest absolute Gasteiger partial charge is 0.249 e. The number of pyridine rings is 1. The molecule has 1 aromatic heterocycles. The minimum atomic E-state index is -1.08. The Morgan fingerprint density at radius 1 is 1.17 bits per heavy atom. The predicted octanol–water partition coefficient (Wildman–Crippen LogP) is 3.32. The highest BCUT2D eigenvalue weighted by Gasteiger charge is 2.15. The van der Waals surface area contributed by atoms with Gasteiger partial charge in [0, 0.05) is 12.0 Å².